The number of aromatic nitrogens is 1. The van der Waals surface area contributed by atoms with Crippen molar-refractivity contribution in [1.29, 1.82) is 0 Å². The van der Waals surface area contributed by atoms with E-state index in [4.69, 9.17) is 5.73 Å². The highest BCUT2D eigenvalue weighted by atomic mass is 32.2. The molecule has 0 bridgehead atoms. The summed E-state index contributed by atoms with van der Waals surface area (Å²) in [5.74, 6) is -4.15. The van der Waals surface area contributed by atoms with Crippen LogP contribution in [-0.4, -0.2) is 86.1 Å². The van der Waals surface area contributed by atoms with E-state index in [0.717, 1.165) is 10.9 Å². The highest BCUT2D eigenvalue weighted by Crippen LogP contribution is 2.20. The molecule has 236 valence electrons. The number of thioether (sulfide) groups is 1. The first kappa shape index (κ1) is 33.9. The number of benzene rings is 2. The Morgan fingerprint density at radius 2 is 1.48 bits per heavy atom. The zero-order valence-corrected chi connectivity index (χ0v) is 24.9. The fourth-order valence-electron chi connectivity index (χ4n) is 4.53. The van der Waals surface area contributed by atoms with Gasteiger partial charge < -0.3 is 42.0 Å². The van der Waals surface area contributed by atoms with Crippen LogP contribution in [0.3, 0.4) is 0 Å². The minimum atomic E-state index is -1.37. The van der Waals surface area contributed by atoms with Crippen LogP contribution in [0.15, 0.2) is 54.7 Å². The summed E-state index contributed by atoms with van der Waals surface area (Å²) < 4.78 is 0. The number of nitrogens with two attached hydrogens (primary N) is 1. The quantitative estimate of drug-likeness (QED) is 0.107. The summed E-state index contributed by atoms with van der Waals surface area (Å²) in [5, 5.41) is 37.0. The van der Waals surface area contributed by atoms with Gasteiger partial charge in [0.15, 0.2) is 0 Å². The Hall–Kier alpha value is -4.56. The van der Waals surface area contributed by atoms with Crippen molar-refractivity contribution in [2.24, 2.45) is 5.73 Å². The third-order valence-corrected chi connectivity index (χ3v) is 7.62. The van der Waals surface area contributed by atoms with Gasteiger partial charge in [-0.05, 0) is 54.2 Å². The topological polar surface area (TPSA) is 224 Å². The van der Waals surface area contributed by atoms with Crippen LogP contribution in [0.5, 0.6) is 5.75 Å². The molecule has 3 rings (SSSR count). The maximum absolute atomic E-state index is 13.6. The van der Waals surface area contributed by atoms with Gasteiger partial charge in [0.1, 0.15) is 23.9 Å². The standard InChI is InChI=1S/C30H37N5O8S/c1-44-13-12-21(31)27(39)33-23(10-11-26(37)38)28(40)34-24(15-18-16-32-22-5-3-2-4-20(18)22)29(41)35-25(30(42)43)14-17-6-8-19(36)9-7-17/h2-9,16,21,23-25,32,36H,10-15,31H2,1H3,(H,33,39)(H,34,40)(H,35,41)(H,37,38)(H,42,43). The third-order valence-electron chi connectivity index (χ3n) is 6.97. The number of H-pyrrole nitrogens is 1. The van der Waals surface area contributed by atoms with Crippen molar-refractivity contribution in [3.8, 4) is 5.75 Å². The lowest BCUT2D eigenvalue weighted by molar-refractivity contribution is -0.142. The summed E-state index contributed by atoms with van der Waals surface area (Å²) >= 11 is 1.49. The zero-order chi connectivity index (χ0) is 32.2. The van der Waals surface area contributed by atoms with Crippen LogP contribution >= 0.6 is 11.8 Å². The van der Waals surface area contributed by atoms with Gasteiger partial charge in [-0.2, -0.15) is 11.8 Å². The van der Waals surface area contributed by atoms with Crippen LogP contribution in [0, 0.1) is 0 Å². The molecule has 0 aliphatic carbocycles. The van der Waals surface area contributed by atoms with Gasteiger partial charge in [-0.3, -0.25) is 19.2 Å². The second-order valence-electron chi connectivity index (χ2n) is 10.3. The van der Waals surface area contributed by atoms with Crippen LogP contribution in [-0.2, 0) is 36.8 Å². The molecule has 3 amide bonds. The molecule has 0 saturated heterocycles. The van der Waals surface area contributed by atoms with Crippen molar-refractivity contribution >= 4 is 52.3 Å². The number of para-hydroxylation sites is 1. The minimum absolute atomic E-state index is 0.000850. The Bertz CT molecular complexity index is 1460. The largest absolute Gasteiger partial charge is 0.508 e. The molecule has 1 heterocycles. The summed E-state index contributed by atoms with van der Waals surface area (Å²) in [5.41, 5.74) is 7.94. The second-order valence-corrected chi connectivity index (χ2v) is 11.3. The van der Waals surface area contributed by atoms with E-state index in [0.29, 0.717) is 23.3 Å². The van der Waals surface area contributed by atoms with E-state index in [1.165, 1.54) is 36.0 Å². The van der Waals surface area contributed by atoms with E-state index in [-0.39, 0.29) is 25.0 Å². The number of aliphatic carboxylic acids is 2. The van der Waals surface area contributed by atoms with Crippen molar-refractivity contribution in [2.75, 3.05) is 12.0 Å². The fraction of sp³-hybridized carbons (Fsp3) is 0.367. The molecule has 4 unspecified atom stereocenters. The fourth-order valence-corrected chi connectivity index (χ4v) is 5.02. The van der Waals surface area contributed by atoms with Gasteiger partial charge >= 0.3 is 11.9 Å². The van der Waals surface area contributed by atoms with E-state index >= 15 is 0 Å². The molecular weight excluding hydrogens is 590 g/mol. The number of aromatic hydroxyl groups is 1. The smallest absolute Gasteiger partial charge is 0.326 e. The molecule has 0 fully saturated rings. The average molecular weight is 628 g/mol. The predicted molar refractivity (Wildman–Crippen MR) is 165 cm³/mol. The summed E-state index contributed by atoms with van der Waals surface area (Å²) in [6.07, 6.45) is 3.03. The second kappa shape index (κ2) is 16.3. The molecule has 3 aromatic rings. The molecule has 4 atom stereocenters. The van der Waals surface area contributed by atoms with E-state index < -0.39 is 60.2 Å². The highest BCUT2D eigenvalue weighted by molar-refractivity contribution is 7.98. The van der Waals surface area contributed by atoms with Gasteiger partial charge in [0.05, 0.1) is 6.04 Å². The minimum Gasteiger partial charge on any atom is -0.508 e. The number of hydrogen-bond donors (Lipinski definition) is 8. The maximum Gasteiger partial charge on any atom is 0.326 e. The molecule has 0 aliphatic heterocycles. The van der Waals surface area contributed by atoms with Gasteiger partial charge in [-0.15, -0.1) is 0 Å². The van der Waals surface area contributed by atoms with Crippen molar-refractivity contribution in [2.45, 2.75) is 56.3 Å². The Kier molecular flexibility index (Phi) is 12.6. The van der Waals surface area contributed by atoms with E-state index in [1.807, 2.05) is 30.5 Å². The normalized spacial score (nSPS) is 13.8. The predicted octanol–water partition coefficient (Wildman–Crippen LogP) is 1.14. The monoisotopic (exact) mass is 627 g/mol. The molecule has 13 nitrogen and oxygen atoms in total. The number of fused-ring (bicyclic) bond motifs is 1. The number of phenolic OH excluding ortho intramolecular Hbond substituents is 1. The van der Waals surface area contributed by atoms with Crippen LogP contribution in [0.1, 0.15) is 30.4 Å². The Labute approximate surface area is 258 Å². The molecule has 9 N–H and O–H groups in total. The summed E-state index contributed by atoms with van der Waals surface area (Å²) in [6.45, 7) is 0. The molecule has 0 radical (unpaired) electrons. The maximum atomic E-state index is 13.6. The van der Waals surface area contributed by atoms with Crippen molar-refractivity contribution in [3.63, 3.8) is 0 Å². The number of carbonyl (C=O) groups excluding carboxylic acids is 3. The molecule has 14 heteroatoms. The first-order valence-corrected chi connectivity index (χ1v) is 15.3. The number of phenols is 1. The Balaban J connectivity index is 1.86. The van der Waals surface area contributed by atoms with Crippen LogP contribution in [0.2, 0.25) is 0 Å². The molecule has 0 aliphatic rings. The van der Waals surface area contributed by atoms with E-state index in [1.54, 1.807) is 6.20 Å². The van der Waals surface area contributed by atoms with Gasteiger partial charge in [-0.25, -0.2) is 4.79 Å². The average Bonchev–Trinajstić information content (AvgIpc) is 3.40. The van der Waals surface area contributed by atoms with E-state index in [2.05, 4.69) is 20.9 Å². The first-order valence-electron chi connectivity index (χ1n) is 13.9. The van der Waals surface area contributed by atoms with Crippen molar-refractivity contribution < 1.29 is 39.3 Å². The third kappa shape index (κ3) is 10.0. The summed E-state index contributed by atoms with van der Waals surface area (Å²) in [4.78, 5) is 66.3. The van der Waals surface area contributed by atoms with Gasteiger partial charge in [0.2, 0.25) is 17.7 Å². The van der Waals surface area contributed by atoms with E-state index in [9.17, 15) is 39.3 Å². The van der Waals surface area contributed by atoms with Gasteiger partial charge in [0.25, 0.3) is 0 Å². The summed E-state index contributed by atoms with van der Waals surface area (Å²) in [6, 6.07) is 8.25. The van der Waals surface area contributed by atoms with Gasteiger partial charge in [0, 0.05) is 36.4 Å². The number of hydrogen-bond acceptors (Lipinski definition) is 8. The molecular formula is C30H37N5O8S. The number of nitrogens with one attached hydrogen (secondary N) is 4. The van der Waals surface area contributed by atoms with Crippen LogP contribution in [0.4, 0.5) is 0 Å². The summed E-state index contributed by atoms with van der Waals surface area (Å²) in [7, 11) is 0. The number of amides is 3. The van der Waals surface area contributed by atoms with Crippen molar-refractivity contribution in [3.05, 3.63) is 65.9 Å². The molecule has 0 spiro atoms. The van der Waals surface area contributed by atoms with Crippen LogP contribution in [0.25, 0.3) is 10.9 Å². The zero-order valence-electron chi connectivity index (χ0n) is 24.1. The Morgan fingerprint density at radius 3 is 2.14 bits per heavy atom. The lowest BCUT2D eigenvalue weighted by Crippen LogP contribution is -2.58. The molecule has 1 aromatic heterocycles. The lowest BCUT2D eigenvalue weighted by atomic mass is 10.0. The molecule has 0 saturated carbocycles. The Morgan fingerprint density at radius 1 is 0.841 bits per heavy atom. The number of rotatable bonds is 17. The number of carbonyl (C=O) groups is 5. The number of carboxylic acid groups (broad SMARTS) is 2. The van der Waals surface area contributed by atoms with Crippen molar-refractivity contribution in [1.82, 2.24) is 20.9 Å². The SMILES string of the molecule is CSCCC(N)C(=O)NC(CCC(=O)O)C(=O)NC(Cc1c[nH]c2ccccc12)C(=O)NC(Cc1ccc(O)cc1)C(=O)O. The lowest BCUT2D eigenvalue weighted by Gasteiger charge is -2.25. The van der Waals surface area contributed by atoms with Crippen LogP contribution < -0.4 is 21.7 Å². The number of aromatic amines is 1. The van der Waals surface area contributed by atoms with Gasteiger partial charge in [-0.1, -0.05) is 30.3 Å². The molecule has 2 aromatic carbocycles. The number of carboxylic acids is 2. The molecule has 44 heavy (non-hydrogen) atoms. The first-order chi connectivity index (χ1) is 21.0. The highest BCUT2D eigenvalue weighted by Gasteiger charge is 2.31.